The Morgan fingerprint density at radius 1 is 1.15 bits per heavy atom. The molecule has 3 rings (SSSR count). The number of carbonyl (C=O) groups is 3. The van der Waals surface area contributed by atoms with Crippen LogP contribution in [0.2, 0.25) is 0 Å². The highest BCUT2D eigenvalue weighted by molar-refractivity contribution is 5.95. The van der Waals surface area contributed by atoms with E-state index in [9.17, 15) is 14.4 Å². The maximum absolute atomic E-state index is 12.5. The summed E-state index contributed by atoms with van der Waals surface area (Å²) in [5.74, 6) is -0.626. The van der Waals surface area contributed by atoms with Gasteiger partial charge >= 0.3 is 5.97 Å². The lowest BCUT2D eigenvalue weighted by Crippen LogP contribution is -2.41. The van der Waals surface area contributed by atoms with Crippen LogP contribution in [0.15, 0.2) is 24.3 Å². The van der Waals surface area contributed by atoms with Gasteiger partial charge in [0.1, 0.15) is 5.78 Å². The van der Waals surface area contributed by atoms with Gasteiger partial charge in [0.05, 0.1) is 5.92 Å². The Labute approximate surface area is 154 Å². The molecule has 0 radical (unpaired) electrons. The average molecular weight is 357 g/mol. The molecule has 2 saturated carbocycles. The van der Waals surface area contributed by atoms with E-state index in [1.165, 1.54) is 5.56 Å². The third-order valence-corrected chi connectivity index (χ3v) is 5.67. The molecular formula is C21H27NO4. The minimum absolute atomic E-state index is 0.00117. The first-order chi connectivity index (χ1) is 12.5. The van der Waals surface area contributed by atoms with Gasteiger partial charge in [0.2, 0.25) is 0 Å². The molecule has 0 saturated heterocycles. The lowest BCUT2D eigenvalue weighted by Gasteiger charge is -2.36. The van der Waals surface area contributed by atoms with Gasteiger partial charge in [-0.25, -0.2) is 0 Å². The summed E-state index contributed by atoms with van der Waals surface area (Å²) < 4.78 is 5.41. The Morgan fingerprint density at radius 2 is 1.77 bits per heavy atom. The Bertz CT molecular complexity index is 666. The number of aryl methyl sites for hydroxylation is 1. The second-order valence-corrected chi connectivity index (χ2v) is 7.51. The molecule has 26 heavy (non-hydrogen) atoms. The first kappa shape index (κ1) is 18.6. The van der Waals surface area contributed by atoms with Crippen molar-refractivity contribution >= 4 is 23.3 Å². The number of fused-ring (bicyclic) bond motifs is 2. The standard InChI is InChI=1S/C21H27NO4/c1-3-14-7-9-18(10-8-14)22-20(24)13(2)26-21(25)17-11-15-5-4-6-16(12-17)19(15)23/h7-10,13,15-17H,3-6,11-12H2,1-2H3,(H,22,24)/t13-,15-,16+,17?/m1/s1. The molecular weight excluding hydrogens is 330 g/mol. The minimum Gasteiger partial charge on any atom is -0.452 e. The predicted octanol–water partition coefficient (Wildman–Crippen LogP) is 3.51. The summed E-state index contributed by atoms with van der Waals surface area (Å²) >= 11 is 0. The molecule has 4 atom stereocenters. The molecule has 2 aliphatic rings. The Kier molecular flexibility index (Phi) is 5.74. The van der Waals surface area contributed by atoms with Gasteiger partial charge in [0.25, 0.3) is 5.91 Å². The summed E-state index contributed by atoms with van der Waals surface area (Å²) in [6.07, 6.45) is 4.05. The molecule has 0 aliphatic heterocycles. The maximum Gasteiger partial charge on any atom is 0.309 e. The molecule has 2 fully saturated rings. The fraction of sp³-hybridized carbons (Fsp3) is 0.571. The van der Waals surface area contributed by atoms with E-state index in [0.717, 1.165) is 25.7 Å². The number of carbonyl (C=O) groups excluding carboxylic acids is 3. The van der Waals surface area contributed by atoms with Crippen LogP contribution in [0.3, 0.4) is 0 Å². The van der Waals surface area contributed by atoms with Crippen molar-refractivity contribution in [2.45, 2.75) is 58.5 Å². The minimum atomic E-state index is -0.856. The largest absolute Gasteiger partial charge is 0.452 e. The van der Waals surface area contributed by atoms with Gasteiger partial charge in [-0.1, -0.05) is 25.5 Å². The Balaban J connectivity index is 1.53. The Morgan fingerprint density at radius 3 is 2.35 bits per heavy atom. The van der Waals surface area contributed by atoms with E-state index in [2.05, 4.69) is 12.2 Å². The molecule has 2 bridgehead atoms. The zero-order valence-corrected chi connectivity index (χ0v) is 15.5. The first-order valence-electron chi connectivity index (χ1n) is 9.62. The molecule has 0 aromatic heterocycles. The third-order valence-electron chi connectivity index (χ3n) is 5.67. The monoisotopic (exact) mass is 357 g/mol. The lowest BCUT2D eigenvalue weighted by atomic mass is 9.67. The predicted molar refractivity (Wildman–Crippen MR) is 98.6 cm³/mol. The van der Waals surface area contributed by atoms with E-state index in [4.69, 9.17) is 4.74 Å². The number of esters is 1. The maximum atomic E-state index is 12.5. The third kappa shape index (κ3) is 4.14. The second kappa shape index (κ2) is 8.02. The number of amides is 1. The molecule has 5 nitrogen and oxygen atoms in total. The van der Waals surface area contributed by atoms with Gasteiger partial charge in [-0.15, -0.1) is 0 Å². The summed E-state index contributed by atoms with van der Waals surface area (Å²) in [6, 6.07) is 7.62. The van der Waals surface area contributed by atoms with Crippen molar-refractivity contribution in [3.05, 3.63) is 29.8 Å². The molecule has 0 heterocycles. The number of ketones is 1. The van der Waals surface area contributed by atoms with Crippen molar-refractivity contribution in [2.75, 3.05) is 5.32 Å². The number of nitrogens with one attached hydrogen (secondary N) is 1. The number of ether oxygens (including phenoxy) is 1. The lowest BCUT2D eigenvalue weighted by molar-refractivity contribution is -0.161. The number of hydrogen-bond acceptors (Lipinski definition) is 4. The highest BCUT2D eigenvalue weighted by atomic mass is 16.5. The number of anilines is 1. The van der Waals surface area contributed by atoms with Crippen molar-refractivity contribution in [1.29, 1.82) is 0 Å². The summed E-state index contributed by atoms with van der Waals surface area (Å²) in [7, 11) is 0. The van der Waals surface area contributed by atoms with Crippen molar-refractivity contribution in [3.8, 4) is 0 Å². The van der Waals surface area contributed by atoms with Gasteiger partial charge < -0.3 is 10.1 Å². The van der Waals surface area contributed by atoms with Gasteiger partial charge in [0.15, 0.2) is 6.10 Å². The number of Topliss-reactive ketones (excluding diaryl/α,β-unsaturated/α-hetero) is 1. The number of hydrogen-bond donors (Lipinski definition) is 1. The molecule has 2 aliphatic carbocycles. The van der Waals surface area contributed by atoms with Crippen molar-refractivity contribution in [2.24, 2.45) is 17.8 Å². The van der Waals surface area contributed by atoms with Crippen LogP contribution in [0.1, 0.15) is 51.5 Å². The number of rotatable bonds is 5. The average Bonchev–Trinajstić information content (AvgIpc) is 2.62. The van der Waals surface area contributed by atoms with Crippen molar-refractivity contribution < 1.29 is 19.1 Å². The van der Waals surface area contributed by atoms with Crippen LogP contribution in [0.5, 0.6) is 0 Å². The van der Waals surface area contributed by atoms with Crippen LogP contribution >= 0.6 is 0 Å². The zero-order valence-electron chi connectivity index (χ0n) is 15.5. The van der Waals surface area contributed by atoms with Crippen molar-refractivity contribution in [3.63, 3.8) is 0 Å². The highest BCUT2D eigenvalue weighted by Crippen LogP contribution is 2.40. The summed E-state index contributed by atoms with van der Waals surface area (Å²) in [4.78, 5) is 36.9. The van der Waals surface area contributed by atoms with Gasteiger partial charge in [-0.3, -0.25) is 14.4 Å². The summed E-state index contributed by atoms with van der Waals surface area (Å²) in [5, 5.41) is 2.78. The Hall–Kier alpha value is -2.17. The van der Waals surface area contributed by atoms with E-state index in [-0.39, 0.29) is 29.6 Å². The van der Waals surface area contributed by atoms with E-state index >= 15 is 0 Å². The van der Waals surface area contributed by atoms with Crippen LogP contribution in [0.25, 0.3) is 0 Å². The van der Waals surface area contributed by atoms with Gasteiger partial charge in [-0.05, 0) is 56.7 Å². The second-order valence-electron chi connectivity index (χ2n) is 7.51. The van der Waals surface area contributed by atoms with E-state index in [1.807, 2.05) is 24.3 Å². The topological polar surface area (TPSA) is 72.5 Å². The SMILES string of the molecule is CCc1ccc(NC(=O)[C@@H](C)OC(=O)C2C[C@H]3CCC[C@@H](C2)C3=O)cc1. The quantitative estimate of drug-likeness (QED) is 0.819. The van der Waals surface area contributed by atoms with Crippen molar-refractivity contribution in [1.82, 2.24) is 0 Å². The summed E-state index contributed by atoms with van der Waals surface area (Å²) in [6.45, 7) is 3.66. The molecule has 1 N–H and O–H groups in total. The number of benzene rings is 1. The van der Waals surface area contributed by atoms with E-state index < -0.39 is 6.10 Å². The first-order valence-corrected chi connectivity index (χ1v) is 9.62. The highest BCUT2D eigenvalue weighted by Gasteiger charge is 2.42. The van der Waals surface area contributed by atoms with E-state index in [0.29, 0.717) is 24.3 Å². The molecule has 0 spiro atoms. The van der Waals surface area contributed by atoms with Gasteiger partial charge in [-0.2, -0.15) is 0 Å². The molecule has 1 aromatic carbocycles. The molecule has 1 amide bonds. The van der Waals surface area contributed by atoms with Crippen LogP contribution < -0.4 is 5.32 Å². The van der Waals surface area contributed by atoms with Crippen LogP contribution in [-0.4, -0.2) is 23.8 Å². The van der Waals surface area contributed by atoms with Gasteiger partial charge in [0, 0.05) is 17.5 Å². The fourth-order valence-corrected chi connectivity index (χ4v) is 4.06. The zero-order chi connectivity index (χ0) is 18.7. The van der Waals surface area contributed by atoms with Crippen LogP contribution in [-0.2, 0) is 25.5 Å². The smallest absolute Gasteiger partial charge is 0.309 e. The summed E-state index contributed by atoms with van der Waals surface area (Å²) in [5.41, 5.74) is 1.88. The molecule has 1 unspecified atom stereocenters. The molecule has 1 aromatic rings. The van der Waals surface area contributed by atoms with E-state index in [1.54, 1.807) is 6.92 Å². The normalized spacial score (nSPS) is 26.1. The fourth-order valence-electron chi connectivity index (χ4n) is 4.06. The van der Waals surface area contributed by atoms with Crippen LogP contribution in [0.4, 0.5) is 5.69 Å². The molecule has 5 heteroatoms. The molecule has 140 valence electrons. The van der Waals surface area contributed by atoms with Crippen LogP contribution in [0, 0.1) is 17.8 Å².